The molecule has 1 fully saturated rings. The fraction of sp³-hybridized carbons (Fsp3) is 0.667. The Bertz CT molecular complexity index is 393. The van der Waals surface area contributed by atoms with Crippen molar-refractivity contribution in [3.8, 4) is 5.88 Å². The van der Waals surface area contributed by atoms with Gasteiger partial charge in [0, 0.05) is 5.92 Å². The molecule has 0 unspecified atom stereocenters. The minimum atomic E-state index is -0.941. The van der Waals surface area contributed by atoms with Gasteiger partial charge in [-0.15, -0.1) is 0 Å². The summed E-state index contributed by atoms with van der Waals surface area (Å²) in [5.74, 6) is 0.796. The Labute approximate surface area is 99.8 Å². The van der Waals surface area contributed by atoms with Crippen molar-refractivity contribution in [2.75, 3.05) is 7.11 Å². The molecule has 2 rings (SSSR count). The van der Waals surface area contributed by atoms with E-state index in [1.54, 1.807) is 0 Å². The second-order valence-electron chi connectivity index (χ2n) is 4.39. The minimum Gasteiger partial charge on any atom is -0.481 e. The van der Waals surface area contributed by atoms with Crippen LogP contribution in [0.25, 0.3) is 0 Å². The van der Waals surface area contributed by atoms with Crippen LogP contribution in [0, 0.1) is 0 Å². The first-order valence-corrected chi connectivity index (χ1v) is 5.96. The molecule has 0 spiro atoms. The SMILES string of the molecule is COc1nc(CC(=O)O)oc1C1CCCCC1. The highest BCUT2D eigenvalue weighted by Gasteiger charge is 2.25. The van der Waals surface area contributed by atoms with Gasteiger partial charge in [-0.05, 0) is 12.8 Å². The van der Waals surface area contributed by atoms with Gasteiger partial charge >= 0.3 is 5.97 Å². The quantitative estimate of drug-likeness (QED) is 0.873. The largest absolute Gasteiger partial charge is 0.481 e. The first-order valence-electron chi connectivity index (χ1n) is 5.96. The molecule has 1 N–H and O–H groups in total. The summed E-state index contributed by atoms with van der Waals surface area (Å²) in [4.78, 5) is 14.7. The van der Waals surface area contributed by atoms with Crippen molar-refractivity contribution in [1.82, 2.24) is 4.98 Å². The smallest absolute Gasteiger partial charge is 0.312 e. The van der Waals surface area contributed by atoms with Crippen molar-refractivity contribution in [3.05, 3.63) is 11.7 Å². The maximum absolute atomic E-state index is 10.6. The normalized spacial score (nSPS) is 17.0. The van der Waals surface area contributed by atoms with Gasteiger partial charge in [0.15, 0.2) is 5.76 Å². The van der Waals surface area contributed by atoms with Gasteiger partial charge < -0.3 is 14.3 Å². The van der Waals surface area contributed by atoms with Crippen molar-refractivity contribution in [3.63, 3.8) is 0 Å². The number of ether oxygens (including phenoxy) is 1. The molecule has 5 nitrogen and oxygen atoms in total. The van der Waals surface area contributed by atoms with E-state index in [9.17, 15) is 4.79 Å². The summed E-state index contributed by atoms with van der Waals surface area (Å²) in [6.45, 7) is 0. The minimum absolute atomic E-state index is 0.191. The third-order valence-electron chi connectivity index (χ3n) is 3.14. The van der Waals surface area contributed by atoms with Crippen LogP contribution in [0.2, 0.25) is 0 Å². The molecule has 0 aromatic carbocycles. The van der Waals surface area contributed by atoms with Crippen LogP contribution in [0.5, 0.6) is 5.88 Å². The summed E-state index contributed by atoms with van der Waals surface area (Å²) in [7, 11) is 1.54. The number of carbonyl (C=O) groups is 1. The van der Waals surface area contributed by atoms with Crippen molar-refractivity contribution in [1.29, 1.82) is 0 Å². The van der Waals surface area contributed by atoms with E-state index in [1.165, 1.54) is 26.4 Å². The van der Waals surface area contributed by atoms with Crippen molar-refractivity contribution in [2.24, 2.45) is 0 Å². The first-order chi connectivity index (χ1) is 8.20. The zero-order chi connectivity index (χ0) is 12.3. The van der Waals surface area contributed by atoms with Crippen LogP contribution in [-0.4, -0.2) is 23.2 Å². The van der Waals surface area contributed by atoms with E-state index in [2.05, 4.69) is 4.98 Å². The lowest BCUT2D eigenvalue weighted by atomic mass is 9.88. The molecule has 1 saturated carbocycles. The first kappa shape index (κ1) is 12.0. The maximum atomic E-state index is 10.6. The average Bonchev–Trinajstić information content (AvgIpc) is 2.72. The topological polar surface area (TPSA) is 72.6 Å². The van der Waals surface area contributed by atoms with Crippen LogP contribution in [0.4, 0.5) is 0 Å². The lowest BCUT2D eigenvalue weighted by Crippen LogP contribution is -2.04. The van der Waals surface area contributed by atoms with E-state index in [0.29, 0.717) is 11.8 Å². The molecule has 0 amide bonds. The molecule has 94 valence electrons. The lowest BCUT2D eigenvalue weighted by Gasteiger charge is -2.19. The summed E-state index contributed by atoms with van der Waals surface area (Å²) in [6.07, 6.45) is 5.57. The molecule has 0 saturated heterocycles. The average molecular weight is 239 g/mol. The number of hydrogen-bond donors (Lipinski definition) is 1. The summed E-state index contributed by atoms with van der Waals surface area (Å²) in [6, 6.07) is 0. The third kappa shape index (κ3) is 2.78. The highest BCUT2D eigenvalue weighted by Crippen LogP contribution is 2.37. The molecule has 1 aromatic rings. The fourth-order valence-corrected chi connectivity index (χ4v) is 2.34. The summed E-state index contributed by atoms with van der Waals surface area (Å²) < 4.78 is 10.7. The molecular weight excluding hydrogens is 222 g/mol. The molecule has 0 aliphatic heterocycles. The predicted molar refractivity (Wildman–Crippen MR) is 60.2 cm³/mol. The lowest BCUT2D eigenvalue weighted by molar-refractivity contribution is -0.136. The summed E-state index contributed by atoms with van der Waals surface area (Å²) in [5, 5.41) is 8.71. The number of carboxylic acid groups (broad SMARTS) is 1. The highest BCUT2D eigenvalue weighted by molar-refractivity contribution is 5.68. The van der Waals surface area contributed by atoms with Gasteiger partial charge in [-0.3, -0.25) is 4.79 Å². The number of nitrogens with zero attached hydrogens (tertiary/aromatic N) is 1. The van der Waals surface area contributed by atoms with Crippen molar-refractivity contribution in [2.45, 2.75) is 44.4 Å². The molecule has 5 heteroatoms. The van der Waals surface area contributed by atoms with Crippen molar-refractivity contribution < 1.29 is 19.1 Å². The molecule has 1 aliphatic rings. The Morgan fingerprint density at radius 1 is 1.47 bits per heavy atom. The summed E-state index contributed by atoms with van der Waals surface area (Å²) >= 11 is 0. The number of aliphatic carboxylic acids is 1. The zero-order valence-electron chi connectivity index (χ0n) is 9.94. The monoisotopic (exact) mass is 239 g/mol. The Morgan fingerprint density at radius 3 is 2.76 bits per heavy atom. The predicted octanol–water partition coefficient (Wildman–Crippen LogP) is 2.36. The molecule has 0 atom stereocenters. The van der Waals surface area contributed by atoms with Gasteiger partial charge in [0.2, 0.25) is 5.89 Å². The van der Waals surface area contributed by atoms with Crippen LogP contribution in [-0.2, 0) is 11.2 Å². The van der Waals surface area contributed by atoms with Crippen LogP contribution >= 0.6 is 0 Å². The molecule has 1 heterocycles. The number of rotatable bonds is 4. The van der Waals surface area contributed by atoms with Gasteiger partial charge in [0.25, 0.3) is 5.88 Å². The third-order valence-corrected chi connectivity index (χ3v) is 3.14. The molecule has 0 bridgehead atoms. The second kappa shape index (κ2) is 5.21. The highest BCUT2D eigenvalue weighted by atomic mass is 16.5. The van der Waals surface area contributed by atoms with E-state index in [-0.39, 0.29) is 12.3 Å². The Kier molecular flexibility index (Phi) is 3.66. The Morgan fingerprint density at radius 2 is 2.18 bits per heavy atom. The van der Waals surface area contributed by atoms with Gasteiger partial charge in [-0.1, -0.05) is 19.3 Å². The van der Waals surface area contributed by atoms with Crippen LogP contribution in [0.1, 0.15) is 49.7 Å². The molecule has 1 aromatic heterocycles. The number of oxazole rings is 1. The van der Waals surface area contributed by atoms with E-state index in [1.807, 2.05) is 0 Å². The summed E-state index contributed by atoms with van der Waals surface area (Å²) in [5.41, 5.74) is 0. The molecular formula is C12H17NO4. The maximum Gasteiger partial charge on any atom is 0.312 e. The molecule has 1 aliphatic carbocycles. The number of aromatic nitrogens is 1. The van der Waals surface area contributed by atoms with Crippen LogP contribution in [0.3, 0.4) is 0 Å². The number of carboxylic acids is 1. The van der Waals surface area contributed by atoms with E-state index in [4.69, 9.17) is 14.3 Å². The number of hydrogen-bond acceptors (Lipinski definition) is 4. The second-order valence-corrected chi connectivity index (χ2v) is 4.39. The standard InChI is InChI=1S/C12H17NO4/c1-16-12-11(8-5-3-2-4-6-8)17-9(13-12)7-10(14)15/h8H,2-7H2,1H3,(H,14,15). The van der Waals surface area contributed by atoms with Gasteiger partial charge in [-0.25, -0.2) is 0 Å². The van der Waals surface area contributed by atoms with E-state index in [0.717, 1.165) is 18.6 Å². The van der Waals surface area contributed by atoms with Gasteiger partial charge in [0.05, 0.1) is 7.11 Å². The Balaban J connectivity index is 2.18. The van der Waals surface area contributed by atoms with Crippen LogP contribution < -0.4 is 4.74 Å². The number of methoxy groups -OCH3 is 1. The molecule has 17 heavy (non-hydrogen) atoms. The van der Waals surface area contributed by atoms with E-state index < -0.39 is 5.97 Å². The van der Waals surface area contributed by atoms with Gasteiger partial charge in [-0.2, -0.15) is 4.98 Å². The van der Waals surface area contributed by atoms with Gasteiger partial charge in [0.1, 0.15) is 6.42 Å². The Hall–Kier alpha value is -1.52. The zero-order valence-corrected chi connectivity index (χ0v) is 9.94. The van der Waals surface area contributed by atoms with Crippen molar-refractivity contribution >= 4 is 5.97 Å². The molecule has 0 radical (unpaired) electrons. The fourth-order valence-electron chi connectivity index (χ4n) is 2.34. The van der Waals surface area contributed by atoms with Crippen LogP contribution in [0.15, 0.2) is 4.42 Å². The van der Waals surface area contributed by atoms with E-state index >= 15 is 0 Å².